The van der Waals surface area contributed by atoms with Gasteiger partial charge in [-0.15, -0.1) is 0 Å². The number of aryl methyl sites for hydroxylation is 1. The van der Waals surface area contributed by atoms with Crippen LogP contribution in [0.1, 0.15) is 11.5 Å². The highest BCUT2D eigenvalue weighted by Crippen LogP contribution is 2.23. The van der Waals surface area contributed by atoms with Gasteiger partial charge in [-0.3, -0.25) is 0 Å². The lowest BCUT2D eigenvalue weighted by Crippen LogP contribution is -2.02. The van der Waals surface area contributed by atoms with Crippen LogP contribution in [0.5, 0.6) is 0 Å². The summed E-state index contributed by atoms with van der Waals surface area (Å²) in [6.07, 6.45) is 0.658. The average Bonchev–Trinajstić information content (AvgIpc) is 2.48. The molecule has 0 radical (unpaired) electrons. The number of oxazole rings is 1. The van der Waals surface area contributed by atoms with Crippen molar-refractivity contribution >= 4 is 22.7 Å². The topological polar surface area (TPSA) is 52.0 Å². The zero-order valence-electron chi connectivity index (χ0n) is 7.88. The van der Waals surface area contributed by atoms with E-state index in [4.69, 9.17) is 21.8 Å². The smallest absolute Gasteiger partial charge is 0.196 e. The Balaban J connectivity index is 2.54. The van der Waals surface area contributed by atoms with Gasteiger partial charge in [-0.05, 0) is 24.6 Å². The Morgan fingerprint density at radius 2 is 2.29 bits per heavy atom. The van der Waals surface area contributed by atoms with Crippen LogP contribution in [-0.4, -0.2) is 11.5 Å². The first-order valence-corrected chi connectivity index (χ1v) is 4.84. The van der Waals surface area contributed by atoms with Crippen LogP contribution in [0.25, 0.3) is 11.1 Å². The monoisotopic (exact) mass is 210 g/mol. The molecule has 0 fully saturated rings. The molecule has 0 saturated heterocycles. The zero-order chi connectivity index (χ0) is 10.1. The van der Waals surface area contributed by atoms with E-state index in [-0.39, 0.29) is 0 Å². The molecule has 0 aliphatic rings. The highest BCUT2D eigenvalue weighted by Gasteiger charge is 2.07. The molecule has 0 saturated carbocycles. The molecule has 74 valence electrons. The third-order valence-electron chi connectivity index (χ3n) is 2.07. The summed E-state index contributed by atoms with van der Waals surface area (Å²) in [6.45, 7) is 2.48. The maximum atomic E-state index is 5.97. The maximum Gasteiger partial charge on any atom is 0.196 e. The Morgan fingerprint density at radius 3 is 3.00 bits per heavy atom. The van der Waals surface area contributed by atoms with E-state index in [1.54, 1.807) is 0 Å². The van der Waals surface area contributed by atoms with Gasteiger partial charge in [-0.2, -0.15) is 0 Å². The van der Waals surface area contributed by atoms with E-state index in [9.17, 15) is 0 Å². The van der Waals surface area contributed by atoms with E-state index in [0.717, 1.165) is 16.7 Å². The van der Waals surface area contributed by atoms with E-state index in [1.165, 1.54) is 0 Å². The lowest BCUT2D eigenvalue weighted by Gasteiger charge is -1.94. The SMILES string of the molecule is Cc1cc2oc(CCN)nc2cc1Cl. The fourth-order valence-electron chi connectivity index (χ4n) is 1.33. The molecular formula is C10H11ClN2O. The van der Waals surface area contributed by atoms with Gasteiger partial charge >= 0.3 is 0 Å². The summed E-state index contributed by atoms with van der Waals surface area (Å²) in [6, 6.07) is 3.71. The molecule has 0 aliphatic heterocycles. The van der Waals surface area contributed by atoms with E-state index < -0.39 is 0 Å². The van der Waals surface area contributed by atoms with Crippen molar-refractivity contribution < 1.29 is 4.42 Å². The molecule has 2 rings (SSSR count). The number of aromatic nitrogens is 1. The first kappa shape index (κ1) is 9.49. The third kappa shape index (κ3) is 1.61. The Kier molecular flexibility index (Phi) is 2.44. The van der Waals surface area contributed by atoms with Crippen LogP contribution in [0.4, 0.5) is 0 Å². The highest BCUT2D eigenvalue weighted by atomic mass is 35.5. The predicted octanol–water partition coefficient (Wildman–Crippen LogP) is 2.29. The van der Waals surface area contributed by atoms with Gasteiger partial charge in [0.15, 0.2) is 11.5 Å². The minimum atomic E-state index is 0.541. The molecular weight excluding hydrogens is 200 g/mol. The Labute approximate surface area is 86.9 Å². The first-order chi connectivity index (χ1) is 6.70. The summed E-state index contributed by atoms with van der Waals surface area (Å²) < 4.78 is 5.49. The molecule has 2 N–H and O–H groups in total. The van der Waals surface area contributed by atoms with Gasteiger partial charge in [-0.1, -0.05) is 11.6 Å². The van der Waals surface area contributed by atoms with Gasteiger partial charge in [0.05, 0.1) is 0 Å². The number of rotatable bonds is 2. The lowest BCUT2D eigenvalue weighted by atomic mass is 10.2. The Hall–Kier alpha value is -1.06. The highest BCUT2D eigenvalue weighted by molar-refractivity contribution is 6.32. The number of nitrogens with zero attached hydrogens (tertiary/aromatic N) is 1. The van der Waals surface area contributed by atoms with Crippen molar-refractivity contribution in [2.75, 3.05) is 6.54 Å². The lowest BCUT2D eigenvalue weighted by molar-refractivity contribution is 0.531. The molecule has 1 aromatic carbocycles. The molecule has 0 bridgehead atoms. The molecule has 1 heterocycles. The second-order valence-electron chi connectivity index (χ2n) is 3.22. The van der Waals surface area contributed by atoms with Crippen LogP contribution in [0.15, 0.2) is 16.5 Å². The van der Waals surface area contributed by atoms with Gasteiger partial charge in [0, 0.05) is 18.0 Å². The van der Waals surface area contributed by atoms with Crippen LogP contribution in [-0.2, 0) is 6.42 Å². The van der Waals surface area contributed by atoms with E-state index in [0.29, 0.717) is 23.9 Å². The first-order valence-electron chi connectivity index (χ1n) is 4.46. The molecule has 0 atom stereocenters. The van der Waals surface area contributed by atoms with Crippen molar-refractivity contribution in [1.82, 2.24) is 4.98 Å². The van der Waals surface area contributed by atoms with Gasteiger partial charge in [0.1, 0.15) is 5.52 Å². The van der Waals surface area contributed by atoms with Crippen molar-refractivity contribution in [3.05, 3.63) is 28.6 Å². The summed E-state index contributed by atoms with van der Waals surface area (Å²) in [5, 5.41) is 0.713. The van der Waals surface area contributed by atoms with Crippen molar-refractivity contribution in [3.8, 4) is 0 Å². The second-order valence-corrected chi connectivity index (χ2v) is 3.62. The number of nitrogens with two attached hydrogens (primary N) is 1. The van der Waals surface area contributed by atoms with E-state index in [2.05, 4.69) is 4.98 Å². The summed E-state index contributed by atoms with van der Waals surface area (Å²) in [7, 11) is 0. The minimum Gasteiger partial charge on any atom is -0.441 e. The normalized spacial score (nSPS) is 11.1. The molecule has 4 heteroatoms. The number of hydrogen-bond acceptors (Lipinski definition) is 3. The predicted molar refractivity (Wildman–Crippen MR) is 56.5 cm³/mol. The quantitative estimate of drug-likeness (QED) is 0.828. The molecule has 2 aromatic rings. The van der Waals surface area contributed by atoms with E-state index >= 15 is 0 Å². The molecule has 0 aliphatic carbocycles. The fraction of sp³-hybridized carbons (Fsp3) is 0.300. The third-order valence-corrected chi connectivity index (χ3v) is 2.48. The average molecular weight is 211 g/mol. The van der Waals surface area contributed by atoms with Gasteiger partial charge in [-0.25, -0.2) is 4.98 Å². The maximum absolute atomic E-state index is 5.97. The van der Waals surface area contributed by atoms with Gasteiger partial charge in [0.2, 0.25) is 0 Å². The molecule has 3 nitrogen and oxygen atoms in total. The van der Waals surface area contributed by atoms with Crippen molar-refractivity contribution in [2.24, 2.45) is 5.73 Å². The van der Waals surface area contributed by atoms with Crippen LogP contribution in [0.3, 0.4) is 0 Å². The Morgan fingerprint density at radius 1 is 1.50 bits per heavy atom. The van der Waals surface area contributed by atoms with Gasteiger partial charge in [0.25, 0.3) is 0 Å². The van der Waals surface area contributed by atoms with Crippen LogP contribution < -0.4 is 5.73 Å². The molecule has 0 spiro atoms. The molecule has 14 heavy (non-hydrogen) atoms. The zero-order valence-corrected chi connectivity index (χ0v) is 8.64. The number of halogens is 1. The van der Waals surface area contributed by atoms with Crippen LogP contribution >= 0.6 is 11.6 Å². The summed E-state index contributed by atoms with van der Waals surface area (Å²) in [4.78, 5) is 4.27. The fourth-order valence-corrected chi connectivity index (χ4v) is 1.49. The summed E-state index contributed by atoms with van der Waals surface area (Å²) in [5.74, 6) is 0.671. The minimum absolute atomic E-state index is 0.541. The number of hydrogen-bond donors (Lipinski definition) is 1. The number of fused-ring (bicyclic) bond motifs is 1. The van der Waals surface area contributed by atoms with Crippen molar-refractivity contribution in [3.63, 3.8) is 0 Å². The van der Waals surface area contributed by atoms with Crippen LogP contribution in [0.2, 0.25) is 5.02 Å². The van der Waals surface area contributed by atoms with Gasteiger partial charge < -0.3 is 10.2 Å². The summed E-state index contributed by atoms with van der Waals surface area (Å²) >= 11 is 5.97. The molecule has 0 amide bonds. The van der Waals surface area contributed by atoms with E-state index in [1.807, 2.05) is 19.1 Å². The second kappa shape index (κ2) is 3.59. The summed E-state index contributed by atoms with van der Waals surface area (Å²) in [5.41, 5.74) is 7.98. The molecule has 1 aromatic heterocycles. The largest absolute Gasteiger partial charge is 0.441 e. The number of benzene rings is 1. The van der Waals surface area contributed by atoms with Crippen LogP contribution in [0, 0.1) is 6.92 Å². The standard InChI is InChI=1S/C10H11ClN2O/c1-6-4-9-8(5-7(6)11)13-10(14-9)2-3-12/h4-5H,2-3,12H2,1H3. The molecule has 0 unspecified atom stereocenters. The Bertz CT molecular complexity index is 425. The van der Waals surface area contributed by atoms with Crippen molar-refractivity contribution in [2.45, 2.75) is 13.3 Å². The van der Waals surface area contributed by atoms with Crippen molar-refractivity contribution in [1.29, 1.82) is 0 Å².